The summed E-state index contributed by atoms with van der Waals surface area (Å²) in [4.78, 5) is 21.7. The first-order chi connectivity index (χ1) is 12.8. The number of nitriles is 1. The van der Waals surface area contributed by atoms with Crippen LogP contribution in [0.3, 0.4) is 0 Å². The number of rotatable bonds is 3. The average molecular weight is 386 g/mol. The lowest BCUT2D eigenvalue weighted by molar-refractivity contribution is 0.405. The molecule has 5 nitrogen and oxygen atoms in total. The summed E-state index contributed by atoms with van der Waals surface area (Å²) < 4.78 is 16.2. The molecule has 0 amide bonds. The molecule has 1 aliphatic heterocycles. The van der Waals surface area contributed by atoms with Crippen LogP contribution in [0.25, 0.3) is 11.3 Å². The molecule has 142 valence electrons. The molecule has 3 heterocycles. The van der Waals surface area contributed by atoms with Gasteiger partial charge in [-0.1, -0.05) is 45.9 Å². The first-order valence-corrected chi connectivity index (χ1v) is 10.1. The zero-order valence-corrected chi connectivity index (χ0v) is 16.9. The first kappa shape index (κ1) is 19.6. The molecule has 1 aliphatic rings. The Morgan fingerprint density at radius 2 is 2.19 bits per heavy atom. The van der Waals surface area contributed by atoms with Crippen molar-refractivity contribution in [2.24, 2.45) is 5.92 Å². The third-order valence-corrected chi connectivity index (χ3v) is 5.86. The van der Waals surface area contributed by atoms with Crippen LogP contribution in [0.1, 0.15) is 51.8 Å². The number of thioether (sulfide) groups is 1. The summed E-state index contributed by atoms with van der Waals surface area (Å²) in [5.74, 6) is 0.829. The lowest BCUT2D eigenvalue weighted by atomic mass is 9.90. The number of halogens is 1. The number of hydrogen-bond donors (Lipinski definition) is 0. The molecule has 0 bridgehead atoms. The first-order valence-electron chi connectivity index (χ1n) is 9.10. The normalized spacial score (nSPS) is 16.7. The van der Waals surface area contributed by atoms with Crippen molar-refractivity contribution in [3.63, 3.8) is 0 Å². The van der Waals surface area contributed by atoms with Crippen molar-refractivity contribution in [3.8, 4) is 17.3 Å². The van der Waals surface area contributed by atoms with Crippen LogP contribution in [-0.2, 0) is 12.0 Å². The Labute approximate surface area is 162 Å². The van der Waals surface area contributed by atoms with Crippen molar-refractivity contribution in [2.75, 3.05) is 5.75 Å². The smallest absolute Gasteiger partial charge is 0.272 e. The van der Waals surface area contributed by atoms with Gasteiger partial charge in [-0.3, -0.25) is 14.3 Å². The van der Waals surface area contributed by atoms with E-state index in [1.807, 2.05) is 26.8 Å². The summed E-state index contributed by atoms with van der Waals surface area (Å²) in [5, 5.41) is 10.1. The predicted molar refractivity (Wildman–Crippen MR) is 104 cm³/mol. The Morgan fingerprint density at radius 3 is 2.78 bits per heavy atom. The van der Waals surface area contributed by atoms with E-state index in [1.165, 1.54) is 24.0 Å². The Morgan fingerprint density at radius 1 is 1.44 bits per heavy atom. The van der Waals surface area contributed by atoms with Gasteiger partial charge < -0.3 is 0 Å². The summed E-state index contributed by atoms with van der Waals surface area (Å²) in [5.41, 5.74) is 0.0626. The molecule has 2 aromatic rings. The molecular formula is C20H23FN4OS. The summed E-state index contributed by atoms with van der Waals surface area (Å²) in [6, 6.07) is 3.29. The van der Waals surface area contributed by atoms with Crippen LogP contribution in [0.15, 0.2) is 22.2 Å². The fourth-order valence-corrected chi connectivity index (χ4v) is 4.45. The molecule has 1 unspecified atom stereocenters. The highest BCUT2D eigenvalue weighted by Crippen LogP contribution is 2.31. The van der Waals surface area contributed by atoms with E-state index in [0.29, 0.717) is 28.9 Å². The second-order valence-electron chi connectivity index (χ2n) is 7.92. The highest BCUT2D eigenvalue weighted by Gasteiger charge is 2.26. The van der Waals surface area contributed by atoms with Crippen molar-refractivity contribution >= 4 is 11.8 Å². The van der Waals surface area contributed by atoms with Gasteiger partial charge in [0.2, 0.25) is 0 Å². The van der Waals surface area contributed by atoms with Crippen LogP contribution < -0.4 is 5.56 Å². The van der Waals surface area contributed by atoms with Crippen LogP contribution in [0.2, 0.25) is 0 Å². The monoisotopic (exact) mass is 386 g/mol. The van der Waals surface area contributed by atoms with Gasteiger partial charge in [0.05, 0.1) is 11.4 Å². The number of nitrogens with zero attached hydrogens (tertiary/aromatic N) is 4. The zero-order chi connectivity index (χ0) is 19.8. The molecule has 0 spiro atoms. The van der Waals surface area contributed by atoms with E-state index in [9.17, 15) is 14.4 Å². The van der Waals surface area contributed by atoms with Gasteiger partial charge in [-0.15, -0.1) is 0 Å². The molecular weight excluding hydrogens is 363 g/mol. The van der Waals surface area contributed by atoms with Gasteiger partial charge in [0.1, 0.15) is 17.4 Å². The van der Waals surface area contributed by atoms with Crippen LogP contribution >= 0.6 is 11.8 Å². The lowest BCUT2D eigenvalue weighted by Crippen LogP contribution is -2.33. The van der Waals surface area contributed by atoms with E-state index in [4.69, 9.17) is 0 Å². The van der Waals surface area contributed by atoms with E-state index in [1.54, 1.807) is 4.57 Å². The molecule has 0 aliphatic carbocycles. The number of pyridine rings is 1. The summed E-state index contributed by atoms with van der Waals surface area (Å²) in [6.45, 7) is 8.34. The maximum atomic E-state index is 14.6. The zero-order valence-electron chi connectivity index (χ0n) is 16.0. The molecule has 0 aromatic carbocycles. The van der Waals surface area contributed by atoms with E-state index >= 15 is 0 Å². The van der Waals surface area contributed by atoms with Crippen molar-refractivity contribution in [1.29, 1.82) is 5.26 Å². The maximum absolute atomic E-state index is 14.6. The second-order valence-corrected chi connectivity index (χ2v) is 8.90. The lowest BCUT2D eigenvalue weighted by Gasteiger charge is -2.25. The molecule has 2 aromatic heterocycles. The van der Waals surface area contributed by atoms with Gasteiger partial charge in [0.25, 0.3) is 5.56 Å². The van der Waals surface area contributed by atoms with Crippen molar-refractivity contribution in [2.45, 2.75) is 57.7 Å². The minimum Gasteiger partial charge on any atom is -0.286 e. The maximum Gasteiger partial charge on any atom is 0.272 e. The van der Waals surface area contributed by atoms with Crippen molar-refractivity contribution in [3.05, 3.63) is 39.7 Å². The van der Waals surface area contributed by atoms with Crippen LogP contribution in [0.4, 0.5) is 4.39 Å². The Hall–Kier alpha value is -2.20. The molecule has 0 fully saturated rings. The fourth-order valence-electron chi connectivity index (χ4n) is 3.32. The SMILES string of the molecule is CCCC1CSc2nc(-c3cnc(C(C)(C)C)c(F)c3)c(C#N)c(=O)n2C1. The topological polar surface area (TPSA) is 71.6 Å². The molecule has 0 saturated carbocycles. The van der Waals surface area contributed by atoms with E-state index in [0.717, 1.165) is 18.6 Å². The van der Waals surface area contributed by atoms with Gasteiger partial charge in [0.15, 0.2) is 5.16 Å². The van der Waals surface area contributed by atoms with Crippen LogP contribution in [0, 0.1) is 23.1 Å². The van der Waals surface area contributed by atoms with Gasteiger partial charge in [-0.05, 0) is 18.4 Å². The summed E-state index contributed by atoms with van der Waals surface area (Å²) in [6.07, 6.45) is 3.58. The second kappa shape index (κ2) is 7.43. The summed E-state index contributed by atoms with van der Waals surface area (Å²) in [7, 11) is 0. The van der Waals surface area contributed by atoms with Gasteiger partial charge in [-0.2, -0.15) is 5.26 Å². The quantitative estimate of drug-likeness (QED) is 0.742. The van der Waals surface area contributed by atoms with Gasteiger partial charge in [0, 0.05) is 29.5 Å². The Kier molecular flexibility index (Phi) is 5.38. The third kappa shape index (κ3) is 3.77. The number of hydrogen-bond acceptors (Lipinski definition) is 5. The fraction of sp³-hybridized carbons (Fsp3) is 0.500. The molecule has 0 saturated heterocycles. The molecule has 7 heteroatoms. The number of fused-ring (bicyclic) bond motifs is 1. The molecule has 1 atom stereocenters. The van der Waals surface area contributed by atoms with E-state index in [-0.39, 0.29) is 16.8 Å². The third-order valence-electron chi connectivity index (χ3n) is 4.66. The summed E-state index contributed by atoms with van der Waals surface area (Å²) >= 11 is 1.52. The molecule has 27 heavy (non-hydrogen) atoms. The minimum atomic E-state index is -0.459. The van der Waals surface area contributed by atoms with Crippen molar-refractivity contribution < 1.29 is 4.39 Å². The Bertz CT molecular complexity index is 972. The highest BCUT2D eigenvalue weighted by atomic mass is 32.2. The van der Waals surface area contributed by atoms with Crippen molar-refractivity contribution in [1.82, 2.24) is 14.5 Å². The van der Waals surface area contributed by atoms with Gasteiger partial charge in [-0.25, -0.2) is 9.37 Å². The van der Waals surface area contributed by atoms with Crippen LogP contribution in [-0.4, -0.2) is 20.3 Å². The average Bonchev–Trinajstić information content (AvgIpc) is 2.61. The Balaban J connectivity index is 2.11. The standard InChI is InChI=1S/C20H23FN4OS/c1-5-6-12-10-25-18(26)14(8-22)16(24-19(25)27-11-12)13-7-15(21)17(23-9-13)20(2,3)4/h7,9,12H,5-6,10-11H2,1-4H3. The molecule has 0 radical (unpaired) electrons. The van der Waals surface area contributed by atoms with E-state index < -0.39 is 11.2 Å². The number of aromatic nitrogens is 3. The van der Waals surface area contributed by atoms with E-state index in [2.05, 4.69) is 16.9 Å². The predicted octanol–water partition coefficient (Wildman–Crippen LogP) is 4.14. The van der Waals surface area contributed by atoms with Crippen LogP contribution in [0.5, 0.6) is 0 Å². The highest BCUT2D eigenvalue weighted by molar-refractivity contribution is 7.99. The largest absolute Gasteiger partial charge is 0.286 e. The minimum absolute atomic E-state index is 0.0544. The van der Waals surface area contributed by atoms with Gasteiger partial charge >= 0.3 is 0 Å². The molecule has 0 N–H and O–H groups in total. The molecule has 3 rings (SSSR count).